The quantitative estimate of drug-likeness (QED) is 0.839. The molecule has 2 aliphatic heterocycles. The molecular weight excluding hydrogens is 308 g/mol. The van der Waals surface area contributed by atoms with Gasteiger partial charge in [-0.1, -0.05) is 30.2 Å². The van der Waals surface area contributed by atoms with Gasteiger partial charge < -0.3 is 9.80 Å². The van der Waals surface area contributed by atoms with Crippen molar-refractivity contribution in [2.75, 3.05) is 26.7 Å². The van der Waals surface area contributed by atoms with Gasteiger partial charge in [-0.2, -0.15) is 0 Å². The summed E-state index contributed by atoms with van der Waals surface area (Å²) in [7, 11) is 1.96. The van der Waals surface area contributed by atoms with Crippen molar-refractivity contribution >= 4 is 17.5 Å². The maximum absolute atomic E-state index is 12.5. The molecule has 2 aliphatic rings. The summed E-state index contributed by atoms with van der Waals surface area (Å²) in [5, 5.41) is 0.717. The van der Waals surface area contributed by atoms with Gasteiger partial charge >= 0.3 is 0 Å². The Morgan fingerprint density at radius 1 is 1.17 bits per heavy atom. The average Bonchev–Trinajstić information content (AvgIpc) is 2.57. The SMILES string of the molecule is CN(C[C@@H]1CCCN2CCCC[C@H]12)C(=O)Cc1ccc(Cl)cc1. The summed E-state index contributed by atoms with van der Waals surface area (Å²) in [5.74, 6) is 0.850. The van der Waals surface area contributed by atoms with Gasteiger partial charge in [0.2, 0.25) is 5.91 Å². The van der Waals surface area contributed by atoms with Crippen LogP contribution in [0, 0.1) is 5.92 Å². The van der Waals surface area contributed by atoms with Gasteiger partial charge in [-0.15, -0.1) is 0 Å². The number of amides is 1. The largest absolute Gasteiger partial charge is 0.345 e. The van der Waals surface area contributed by atoms with Crippen LogP contribution in [0.1, 0.15) is 37.7 Å². The van der Waals surface area contributed by atoms with Crippen LogP contribution >= 0.6 is 11.6 Å². The number of likely N-dealkylation sites (N-methyl/N-ethyl adjacent to an activating group) is 1. The number of halogens is 1. The zero-order chi connectivity index (χ0) is 16.2. The van der Waals surface area contributed by atoms with Gasteiger partial charge in [0.15, 0.2) is 0 Å². The molecule has 0 radical (unpaired) electrons. The second-order valence-electron chi connectivity index (χ2n) is 7.08. The third-order valence-corrected chi connectivity index (χ3v) is 5.68. The van der Waals surface area contributed by atoms with Crippen molar-refractivity contribution in [3.63, 3.8) is 0 Å². The Labute approximate surface area is 144 Å². The number of carbonyl (C=O) groups is 1. The van der Waals surface area contributed by atoms with Gasteiger partial charge in [0.25, 0.3) is 0 Å². The Morgan fingerprint density at radius 2 is 1.91 bits per heavy atom. The molecule has 0 aromatic heterocycles. The smallest absolute Gasteiger partial charge is 0.226 e. The maximum atomic E-state index is 12.5. The first-order valence-corrected chi connectivity index (χ1v) is 9.24. The van der Waals surface area contributed by atoms with Gasteiger partial charge in [0.05, 0.1) is 6.42 Å². The molecule has 3 nitrogen and oxygen atoms in total. The molecule has 2 fully saturated rings. The lowest BCUT2D eigenvalue weighted by Crippen LogP contribution is -2.51. The van der Waals surface area contributed by atoms with Gasteiger partial charge in [-0.25, -0.2) is 0 Å². The van der Waals surface area contributed by atoms with Crippen LogP contribution in [-0.2, 0) is 11.2 Å². The molecule has 126 valence electrons. The van der Waals surface area contributed by atoms with Crippen molar-refractivity contribution < 1.29 is 4.79 Å². The van der Waals surface area contributed by atoms with E-state index in [2.05, 4.69) is 4.90 Å². The molecule has 1 aromatic carbocycles. The number of hydrogen-bond acceptors (Lipinski definition) is 2. The highest BCUT2D eigenvalue weighted by Gasteiger charge is 2.33. The van der Waals surface area contributed by atoms with Gasteiger partial charge in [-0.3, -0.25) is 4.79 Å². The summed E-state index contributed by atoms with van der Waals surface area (Å²) in [5.41, 5.74) is 1.04. The zero-order valence-corrected chi connectivity index (χ0v) is 14.8. The molecule has 2 heterocycles. The minimum absolute atomic E-state index is 0.209. The van der Waals surface area contributed by atoms with Crippen molar-refractivity contribution in [2.24, 2.45) is 5.92 Å². The molecule has 4 heteroatoms. The van der Waals surface area contributed by atoms with Crippen molar-refractivity contribution in [3.8, 4) is 0 Å². The number of fused-ring (bicyclic) bond motifs is 1. The molecule has 3 rings (SSSR count). The zero-order valence-electron chi connectivity index (χ0n) is 14.0. The van der Waals surface area contributed by atoms with Crippen LogP contribution in [0.2, 0.25) is 5.02 Å². The summed E-state index contributed by atoms with van der Waals surface area (Å²) >= 11 is 5.90. The van der Waals surface area contributed by atoms with Crippen LogP contribution in [0.15, 0.2) is 24.3 Å². The third-order valence-electron chi connectivity index (χ3n) is 5.43. The van der Waals surface area contributed by atoms with Gasteiger partial charge in [0, 0.05) is 24.7 Å². The summed E-state index contributed by atoms with van der Waals surface area (Å²) in [6.07, 6.45) is 7.01. The van der Waals surface area contributed by atoms with Crippen molar-refractivity contribution in [1.29, 1.82) is 0 Å². The fraction of sp³-hybridized carbons (Fsp3) is 0.632. The molecule has 2 atom stereocenters. The van der Waals surface area contributed by atoms with Crippen LogP contribution in [-0.4, -0.2) is 48.4 Å². The summed E-state index contributed by atoms with van der Waals surface area (Å²) in [6, 6.07) is 8.29. The number of benzene rings is 1. The second kappa shape index (κ2) is 7.67. The summed E-state index contributed by atoms with van der Waals surface area (Å²) < 4.78 is 0. The number of nitrogens with zero attached hydrogens (tertiary/aromatic N) is 2. The fourth-order valence-electron chi connectivity index (χ4n) is 4.16. The number of carbonyl (C=O) groups excluding carboxylic acids is 1. The van der Waals surface area contributed by atoms with Crippen LogP contribution < -0.4 is 0 Å². The lowest BCUT2D eigenvalue weighted by molar-refractivity contribution is -0.130. The van der Waals surface area contributed by atoms with E-state index in [0.717, 1.165) is 12.1 Å². The van der Waals surface area contributed by atoms with E-state index in [4.69, 9.17) is 11.6 Å². The van der Waals surface area contributed by atoms with E-state index < -0.39 is 0 Å². The molecule has 0 aliphatic carbocycles. The fourth-order valence-corrected chi connectivity index (χ4v) is 4.28. The molecule has 0 bridgehead atoms. The Morgan fingerprint density at radius 3 is 2.70 bits per heavy atom. The van der Waals surface area contributed by atoms with Gasteiger partial charge in [0.1, 0.15) is 0 Å². The van der Waals surface area contributed by atoms with Crippen molar-refractivity contribution in [1.82, 2.24) is 9.80 Å². The normalized spacial score (nSPS) is 25.0. The first-order chi connectivity index (χ1) is 11.1. The van der Waals surface area contributed by atoms with Crippen LogP contribution in [0.3, 0.4) is 0 Å². The first kappa shape index (κ1) is 16.8. The molecule has 0 unspecified atom stereocenters. The lowest BCUT2D eigenvalue weighted by atomic mass is 9.83. The molecule has 0 saturated carbocycles. The van der Waals surface area contributed by atoms with Crippen LogP contribution in [0.5, 0.6) is 0 Å². The standard InChI is InChI=1S/C19H27ClN2O/c1-21(19(23)13-15-7-9-17(20)10-8-15)14-16-5-4-12-22-11-3-2-6-18(16)22/h7-10,16,18H,2-6,11-14H2,1H3/t16-,18+/m0/s1. The molecule has 23 heavy (non-hydrogen) atoms. The van der Waals surface area contributed by atoms with E-state index in [1.165, 1.54) is 45.2 Å². The molecular formula is C19H27ClN2O. The number of hydrogen-bond donors (Lipinski definition) is 0. The Bertz CT molecular complexity index is 529. The molecule has 0 N–H and O–H groups in total. The molecule has 0 spiro atoms. The Kier molecular flexibility index (Phi) is 5.60. The first-order valence-electron chi connectivity index (χ1n) is 8.86. The summed E-state index contributed by atoms with van der Waals surface area (Å²) in [6.45, 7) is 3.40. The highest BCUT2D eigenvalue weighted by molar-refractivity contribution is 6.30. The minimum atomic E-state index is 0.209. The van der Waals surface area contributed by atoms with Gasteiger partial charge in [-0.05, 0) is 62.4 Å². The predicted octanol–water partition coefficient (Wildman–Crippen LogP) is 3.61. The van der Waals surface area contributed by atoms with Crippen molar-refractivity contribution in [3.05, 3.63) is 34.9 Å². The molecule has 1 aromatic rings. The maximum Gasteiger partial charge on any atom is 0.226 e. The van der Waals surface area contributed by atoms with E-state index in [-0.39, 0.29) is 5.91 Å². The van der Waals surface area contributed by atoms with E-state index >= 15 is 0 Å². The second-order valence-corrected chi connectivity index (χ2v) is 7.52. The van der Waals surface area contributed by atoms with Crippen LogP contribution in [0.25, 0.3) is 0 Å². The van der Waals surface area contributed by atoms with Crippen molar-refractivity contribution in [2.45, 2.75) is 44.6 Å². The lowest BCUT2D eigenvalue weighted by Gasteiger charge is -2.45. The Hall–Kier alpha value is -1.06. The highest BCUT2D eigenvalue weighted by Crippen LogP contribution is 2.31. The highest BCUT2D eigenvalue weighted by atomic mass is 35.5. The third kappa shape index (κ3) is 4.27. The van der Waals surface area contributed by atoms with E-state index in [1.807, 2.05) is 36.2 Å². The average molecular weight is 335 g/mol. The predicted molar refractivity (Wildman–Crippen MR) is 94.7 cm³/mol. The number of rotatable bonds is 4. The molecule has 2 saturated heterocycles. The topological polar surface area (TPSA) is 23.6 Å². The van der Waals surface area contributed by atoms with E-state index in [1.54, 1.807) is 0 Å². The molecule has 1 amide bonds. The summed E-state index contributed by atoms with van der Waals surface area (Å²) in [4.78, 5) is 17.1. The van der Waals surface area contributed by atoms with E-state index in [0.29, 0.717) is 23.4 Å². The van der Waals surface area contributed by atoms with E-state index in [9.17, 15) is 4.79 Å². The monoisotopic (exact) mass is 334 g/mol. The number of piperidine rings is 2. The minimum Gasteiger partial charge on any atom is -0.345 e. The van der Waals surface area contributed by atoms with Crippen LogP contribution in [0.4, 0.5) is 0 Å². The Balaban J connectivity index is 1.55.